The van der Waals surface area contributed by atoms with Crippen molar-refractivity contribution in [3.63, 3.8) is 0 Å². The first-order valence-corrected chi connectivity index (χ1v) is 5.93. The molecule has 2 atom stereocenters. The first-order valence-electron chi connectivity index (χ1n) is 5.93. The first kappa shape index (κ1) is 11.6. The van der Waals surface area contributed by atoms with Crippen LogP contribution in [0.4, 0.5) is 0 Å². The highest BCUT2D eigenvalue weighted by Gasteiger charge is 2.22. The van der Waals surface area contributed by atoms with Crippen molar-refractivity contribution in [2.45, 2.75) is 25.6 Å². The van der Waals surface area contributed by atoms with E-state index in [1.165, 1.54) is 5.56 Å². The summed E-state index contributed by atoms with van der Waals surface area (Å²) in [4.78, 5) is 2.39. The second-order valence-corrected chi connectivity index (χ2v) is 4.52. The molecule has 1 aromatic rings. The maximum atomic E-state index is 9.57. The van der Waals surface area contributed by atoms with Crippen LogP contribution in [0.1, 0.15) is 12.5 Å². The Morgan fingerprint density at radius 1 is 1.44 bits per heavy atom. The van der Waals surface area contributed by atoms with Crippen LogP contribution < -0.4 is 5.32 Å². The molecule has 2 N–H and O–H groups in total. The lowest BCUT2D eigenvalue weighted by Crippen LogP contribution is -2.54. The van der Waals surface area contributed by atoms with Crippen LogP contribution in [0.3, 0.4) is 0 Å². The topological polar surface area (TPSA) is 35.5 Å². The fourth-order valence-electron chi connectivity index (χ4n) is 2.15. The maximum absolute atomic E-state index is 9.57. The summed E-state index contributed by atoms with van der Waals surface area (Å²) in [7, 11) is 0. The summed E-state index contributed by atoms with van der Waals surface area (Å²) < 4.78 is 0. The van der Waals surface area contributed by atoms with Crippen LogP contribution in [0.15, 0.2) is 30.3 Å². The van der Waals surface area contributed by atoms with Gasteiger partial charge in [-0.15, -0.1) is 0 Å². The Morgan fingerprint density at radius 2 is 2.19 bits per heavy atom. The molecule has 1 aliphatic heterocycles. The second-order valence-electron chi connectivity index (χ2n) is 4.52. The van der Waals surface area contributed by atoms with Crippen LogP contribution in [-0.2, 0) is 6.54 Å². The maximum Gasteiger partial charge on any atom is 0.0677 e. The van der Waals surface area contributed by atoms with Gasteiger partial charge in [0.2, 0.25) is 0 Å². The summed E-state index contributed by atoms with van der Waals surface area (Å²) in [5.74, 6) is 0. The Bertz CT molecular complexity index is 313. The fourth-order valence-corrected chi connectivity index (χ4v) is 2.15. The smallest absolute Gasteiger partial charge is 0.0677 e. The predicted octanol–water partition coefficient (Wildman–Crippen LogP) is 0.841. The van der Waals surface area contributed by atoms with Crippen molar-refractivity contribution in [1.29, 1.82) is 0 Å². The third-order valence-electron chi connectivity index (χ3n) is 3.12. The van der Waals surface area contributed by atoms with Crippen molar-refractivity contribution < 1.29 is 5.11 Å². The second kappa shape index (κ2) is 5.43. The van der Waals surface area contributed by atoms with Crippen LogP contribution in [0.5, 0.6) is 0 Å². The molecule has 88 valence electrons. The van der Waals surface area contributed by atoms with Gasteiger partial charge in [0, 0.05) is 32.2 Å². The third-order valence-corrected chi connectivity index (χ3v) is 3.12. The number of benzene rings is 1. The predicted molar refractivity (Wildman–Crippen MR) is 65.2 cm³/mol. The summed E-state index contributed by atoms with van der Waals surface area (Å²) in [6, 6.07) is 10.7. The molecule has 0 radical (unpaired) electrons. The number of hydrogen-bond acceptors (Lipinski definition) is 3. The molecular weight excluding hydrogens is 200 g/mol. The van der Waals surface area contributed by atoms with E-state index >= 15 is 0 Å². The molecule has 1 aliphatic rings. The monoisotopic (exact) mass is 220 g/mol. The summed E-state index contributed by atoms with van der Waals surface area (Å²) >= 11 is 0. The van der Waals surface area contributed by atoms with Crippen molar-refractivity contribution in [2.75, 3.05) is 19.6 Å². The molecule has 1 aromatic carbocycles. The van der Waals surface area contributed by atoms with Crippen molar-refractivity contribution in [1.82, 2.24) is 10.2 Å². The van der Waals surface area contributed by atoms with Crippen LogP contribution in [0.25, 0.3) is 0 Å². The number of nitrogens with one attached hydrogen (secondary N) is 1. The van der Waals surface area contributed by atoms with Gasteiger partial charge < -0.3 is 10.4 Å². The average Bonchev–Trinajstić information content (AvgIpc) is 2.30. The molecule has 0 spiro atoms. The molecule has 3 nitrogen and oxygen atoms in total. The molecular formula is C13H20N2O. The van der Waals surface area contributed by atoms with Gasteiger partial charge >= 0.3 is 0 Å². The van der Waals surface area contributed by atoms with E-state index in [9.17, 15) is 5.11 Å². The fraction of sp³-hybridized carbons (Fsp3) is 0.538. The number of aliphatic hydroxyl groups is 1. The van der Waals surface area contributed by atoms with Crippen molar-refractivity contribution in [2.24, 2.45) is 0 Å². The van der Waals surface area contributed by atoms with Crippen LogP contribution in [0, 0.1) is 0 Å². The lowest BCUT2D eigenvalue weighted by atomic mass is 10.1. The molecule has 0 unspecified atom stereocenters. The molecule has 0 saturated carbocycles. The number of rotatable bonds is 3. The van der Waals surface area contributed by atoms with E-state index in [2.05, 4.69) is 34.5 Å². The number of nitrogens with zero attached hydrogens (tertiary/aromatic N) is 1. The largest absolute Gasteiger partial charge is 0.392 e. The van der Waals surface area contributed by atoms with Gasteiger partial charge in [-0.05, 0) is 12.5 Å². The summed E-state index contributed by atoms with van der Waals surface area (Å²) in [6.07, 6.45) is -0.279. The lowest BCUT2D eigenvalue weighted by molar-refractivity contribution is 0.0887. The van der Waals surface area contributed by atoms with E-state index < -0.39 is 0 Å². The molecule has 1 heterocycles. The highest BCUT2D eigenvalue weighted by atomic mass is 16.3. The molecule has 1 saturated heterocycles. The van der Waals surface area contributed by atoms with Gasteiger partial charge in [-0.25, -0.2) is 0 Å². The Morgan fingerprint density at radius 3 is 2.88 bits per heavy atom. The van der Waals surface area contributed by atoms with Crippen molar-refractivity contribution >= 4 is 0 Å². The van der Waals surface area contributed by atoms with E-state index in [-0.39, 0.29) is 12.1 Å². The minimum Gasteiger partial charge on any atom is -0.392 e. The molecule has 3 heteroatoms. The molecule has 0 bridgehead atoms. The van der Waals surface area contributed by atoms with Gasteiger partial charge in [0.25, 0.3) is 0 Å². The molecule has 0 aromatic heterocycles. The van der Waals surface area contributed by atoms with E-state index in [0.717, 1.165) is 26.2 Å². The highest BCUT2D eigenvalue weighted by Crippen LogP contribution is 2.08. The highest BCUT2D eigenvalue weighted by molar-refractivity contribution is 5.14. The van der Waals surface area contributed by atoms with Crippen LogP contribution >= 0.6 is 0 Å². The summed E-state index contributed by atoms with van der Waals surface area (Å²) in [5, 5.41) is 12.9. The zero-order valence-electron chi connectivity index (χ0n) is 9.76. The van der Waals surface area contributed by atoms with Crippen LogP contribution in [-0.4, -0.2) is 41.8 Å². The van der Waals surface area contributed by atoms with Gasteiger partial charge in [-0.2, -0.15) is 0 Å². The molecule has 16 heavy (non-hydrogen) atoms. The zero-order chi connectivity index (χ0) is 11.4. The number of hydrogen-bond donors (Lipinski definition) is 2. The Labute approximate surface area is 97.1 Å². The van der Waals surface area contributed by atoms with Gasteiger partial charge in [-0.3, -0.25) is 4.90 Å². The summed E-state index contributed by atoms with van der Waals surface area (Å²) in [5.41, 5.74) is 1.34. The number of piperazine rings is 1. The lowest BCUT2D eigenvalue weighted by Gasteiger charge is -2.35. The van der Waals surface area contributed by atoms with Crippen molar-refractivity contribution in [3.05, 3.63) is 35.9 Å². The normalized spacial score (nSPS) is 24.2. The first-order chi connectivity index (χ1) is 7.75. The van der Waals surface area contributed by atoms with Gasteiger partial charge in [-0.1, -0.05) is 30.3 Å². The minimum atomic E-state index is -0.279. The average molecular weight is 220 g/mol. The SMILES string of the molecule is C[C@@H](O)[C@H]1CN(Cc2ccccc2)CCN1. The van der Waals surface area contributed by atoms with Gasteiger partial charge in [0.15, 0.2) is 0 Å². The van der Waals surface area contributed by atoms with Gasteiger partial charge in [0.05, 0.1) is 6.10 Å². The zero-order valence-corrected chi connectivity index (χ0v) is 9.76. The van der Waals surface area contributed by atoms with E-state index in [1.54, 1.807) is 0 Å². The van der Waals surface area contributed by atoms with Crippen LogP contribution in [0.2, 0.25) is 0 Å². The Kier molecular flexibility index (Phi) is 3.93. The van der Waals surface area contributed by atoms with E-state index in [1.807, 2.05) is 13.0 Å². The standard InChI is InChI=1S/C13H20N2O/c1-11(16)13-10-15(8-7-14-13)9-12-5-3-2-4-6-12/h2-6,11,13-14,16H,7-10H2,1H3/t11-,13-/m1/s1. The van der Waals surface area contributed by atoms with E-state index in [0.29, 0.717) is 0 Å². The van der Waals surface area contributed by atoms with Crippen molar-refractivity contribution in [3.8, 4) is 0 Å². The third kappa shape index (κ3) is 3.04. The molecule has 1 fully saturated rings. The Hall–Kier alpha value is -0.900. The van der Waals surface area contributed by atoms with E-state index in [4.69, 9.17) is 0 Å². The molecule has 0 aliphatic carbocycles. The Balaban J connectivity index is 1.90. The molecule has 2 rings (SSSR count). The number of aliphatic hydroxyl groups excluding tert-OH is 1. The quantitative estimate of drug-likeness (QED) is 0.792. The minimum absolute atomic E-state index is 0.206. The summed E-state index contributed by atoms with van der Waals surface area (Å²) in [6.45, 7) is 5.77. The van der Waals surface area contributed by atoms with Gasteiger partial charge in [0.1, 0.15) is 0 Å². The molecule has 0 amide bonds.